The standard InChI is InChI=1S/C27H31ClN8O3/c1-4-36-25-18(11-20(26(36)37)19-6-5-17(12-21(19)28)24-30-16(2)39-33-24)13-29-27(32-25)31-22-14-38-15-23(22)35-9-7-34(3)8-10-35/h5-6,11-13,22-23H,4,7-10,14-15H2,1-3H3,(H,29,31,32)/t22-,23+/m1/s1. The number of aromatic nitrogens is 5. The summed E-state index contributed by atoms with van der Waals surface area (Å²) in [5.74, 6) is 1.40. The van der Waals surface area contributed by atoms with Crippen LogP contribution in [0.25, 0.3) is 33.5 Å². The molecule has 0 aliphatic carbocycles. The molecule has 204 valence electrons. The van der Waals surface area contributed by atoms with Gasteiger partial charge in [-0.15, -0.1) is 0 Å². The maximum atomic E-state index is 13.6. The molecule has 2 aliphatic rings. The van der Waals surface area contributed by atoms with Gasteiger partial charge in [-0.2, -0.15) is 9.97 Å². The highest BCUT2D eigenvalue weighted by Gasteiger charge is 2.35. The molecule has 4 aromatic rings. The average molecular weight is 551 g/mol. The number of ether oxygens (including phenoxy) is 1. The number of halogens is 1. The molecular formula is C27H31ClN8O3. The number of nitrogens with zero attached hydrogens (tertiary/aromatic N) is 7. The Bertz CT molecular complexity index is 1560. The molecule has 0 radical (unpaired) electrons. The fourth-order valence-corrected chi connectivity index (χ4v) is 5.65. The molecule has 0 saturated carbocycles. The van der Waals surface area contributed by atoms with Crippen molar-refractivity contribution in [3.05, 3.63) is 51.7 Å². The van der Waals surface area contributed by atoms with Crippen LogP contribution in [0.4, 0.5) is 5.95 Å². The molecule has 1 aromatic carbocycles. The Morgan fingerprint density at radius 3 is 2.64 bits per heavy atom. The summed E-state index contributed by atoms with van der Waals surface area (Å²) in [7, 11) is 2.15. The Morgan fingerprint density at radius 1 is 1.10 bits per heavy atom. The monoisotopic (exact) mass is 550 g/mol. The third-order valence-corrected chi connectivity index (χ3v) is 7.87. The molecule has 0 spiro atoms. The van der Waals surface area contributed by atoms with Crippen LogP contribution in [0.15, 0.2) is 39.8 Å². The second kappa shape index (κ2) is 10.6. The number of benzene rings is 1. The Labute approximate surface area is 230 Å². The van der Waals surface area contributed by atoms with Crippen LogP contribution in [0.1, 0.15) is 12.8 Å². The van der Waals surface area contributed by atoms with E-state index in [1.165, 1.54) is 0 Å². The minimum Gasteiger partial charge on any atom is -0.378 e. The summed E-state index contributed by atoms with van der Waals surface area (Å²) in [6.45, 7) is 9.50. The number of likely N-dealkylation sites (N-methyl/N-ethyl adjacent to an activating group) is 1. The highest BCUT2D eigenvalue weighted by Crippen LogP contribution is 2.31. The van der Waals surface area contributed by atoms with Crippen LogP contribution in [0.3, 0.4) is 0 Å². The number of aryl methyl sites for hydroxylation is 2. The molecule has 5 heterocycles. The van der Waals surface area contributed by atoms with E-state index in [9.17, 15) is 4.79 Å². The lowest BCUT2D eigenvalue weighted by Crippen LogP contribution is -2.54. The number of nitrogens with one attached hydrogen (secondary N) is 1. The van der Waals surface area contributed by atoms with Crippen molar-refractivity contribution in [2.75, 3.05) is 51.8 Å². The smallest absolute Gasteiger partial charge is 0.260 e. The van der Waals surface area contributed by atoms with Crippen LogP contribution in [0, 0.1) is 6.92 Å². The van der Waals surface area contributed by atoms with Crippen molar-refractivity contribution >= 4 is 28.6 Å². The summed E-state index contributed by atoms with van der Waals surface area (Å²) in [5, 5.41) is 8.61. The van der Waals surface area contributed by atoms with Gasteiger partial charge in [0, 0.05) is 72.9 Å². The van der Waals surface area contributed by atoms with E-state index in [1.54, 1.807) is 35.9 Å². The van der Waals surface area contributed by atoms with Crippen molar-refractivity contribution in [1.82, 2.24) is 34.5 Å². The highest BCUT2D eigenvalue weighted by molar-refractivity contribution is 6.33. The van der Waals surface area contributed by atoms with Crippen LogP contribution in [0.5, 0.6) is 0 Å². The fraction of sp³-hybridized carbons (Fsp3) is 0.444. The largest absolute Gasteiger partial charge is 0.378 e. The number of pyridine rings is 1. The van der Waals surface area contributed by atoms with Gasteiger partial charge in [-0.1, -0.05) is 28.9 Å². The summed E-state index contributed by atoms with van der Waals surface area (Å²) >= 11 is 6.65. The summed E-state index contributed by atoms with van der Waals surface area (Å²) in [4.78, 5) is 32.1. The van der Waals surface area contributed by atoms with E-state index in [0.717, 1.165) is 31.6 Å². The normalized spacial score (nSPS) is 20.6. The Morgan fingerprint density at radius 2 is 1.92 bits per heavy atom. The SMILES string of the molecule is CCn1c(=O)c(-c2ccc(-c3noc(C)n3)cc2Cl)cc2cnc(N[C@@H]3COC[C@@H]3N3CCN(C)CC3)nc21. The van der Waals surface area contributed by atoms with E-state index in [0.29, 0.717) is 64.8 Å². The zero-order valence-corrected chi connectivity index (χ0v) is 23.0. The van der Waals surface area contributed by atoms with E-state index in [2.05, 4.69) is 37.3 Å². The van der Waals surface area contributed by atoms with Crippen molar-refractivity contribution in [3.63, 3.8) is 0 Å². The van der Waals surface area contributed by atoms with E-state index in [1.807, 2.05) is 13.0 Å². The second-order valence-corrected chi connectivity index (χ2v) is 10.5. The van der Waals surface area contributed by atoms with Crippen LogP contribution < -0.4 is 10.9 Å². The van der Waals surface area contributed by atoms with Gasteiger partial charge in [-0.05, 0) is 26.1 Å². The average Bonchev–Trinajstić information content (AvgIpc) is 3.58. The molecule has 0 bridgehead atoms. The van der Waals surface area contributed by atoms with Gasteiger partial charge in [0.05, 0.1) is 25.3 Å². The first-order valence-electron chi connectivity index (χ1n) is 13.2. The summed E-state index contributed by atoms with van der Waals surface area (Å²) in [6.07, 6.45) is 1.75. The number of piperazine rings is 1. The highest BCUT2D eigenvalue weighted by atomic mass is 35.5. The second-order valence-electron chi connectivity index (χ2n) is 10.1. The molecule has 12 heteroatoms. The molecule has 0 amide bonds. The lowest BCUT2D eigenvalue weighted by molar-refractivity contribution is 0.0948. The van der Waals surface area contributed by atoms with E-state index in [4.69, 9.17) is 25.8 Å². The van der Waals surface area contributed by atoms with Crippen LogP contribution in [-0.2, 0) is 11.3 Å². The molecule has 2 saturated heterocycles. The first kappa shape index (κ1) is 25.9. The maximum absolute atomic E-state index is 13.6. The summed E-state index contributed by atoms with van der Waals surface area (Å²) < 4.78 is 12.6. The molecule has 2 aliphatic heterocycles. The first-order chi connectivity index (χ1) is 18.9. The van der Waals surface area contributed by atoms with E-state index < -0.39 is 0 Å². The van der Waals surface area contributed by atoms with Gasteiger partial charge in [0.25, 0.3) is 5.56 Å². The van der Waals surface area contributed by atoms with Gasteiger partial charge in [0.15, 0.2) is 0 Å². The zero-order valence-electron chi connectivity index (χ0n) is 22.2. The predicted octanol–water partition coefficient (Wildman–Crippen LogP) is 2.92. The van der Waals surface area contributed by atoms with Crippen LogP contribution >= 0.6 is 11.6 Å². The maximum Gasteiger partial charge on any atom is 0.260 e. The Hall–Kier alpha value is -3.38. The number of fused-ring (bicyclic) bond motifs is 1. The van der Waals surface area contributed by atoms with Crippen molar-refractivity contribution in [2.45, 2.75) is 32.5 Å². The first-order valence-corrected chi connectivity index (χ1v) is 13.6. The number of hydrogen-bond donors (Lipinski definition) is 1. The minimum atomic E-state index is -0.167. The van der Waals surface area contributed by atoms with Crippen molar-refractivity contribution < 1.29 is 9.26 Å². The number of rotatable bonds is 6. The van der Waals surface area contributed by atoms with Crippen LogP contribution in [0.2, 0.25) is 5.02 Å². The zero-order chi connectivity index (χ0) is 27.1. The van der Waals surface area contributed by atoms with Crippen LogP contribution in [-0.4, -0.2) is 93.0 Å². The molecule has 39 heavy (non-hydrogen) atoms. The van der Waals surface area contributed by atoms with Crippen molar-refractivity contribution in [3.8, 4) is 22.5 Å². The Kier molecular flexibility index (Phi) is 7.06. The predicted molar refractivity (Wildman–Crippen MR) is 149 cm³/mol. The number of anilines is 1. The van der Waals surface area contributed by atoms with Gasteiger partial charge in [-0.3, -0.25) is 14.3 Å². The number of hydrogen-bond acceptors (Lipinski definition) is 10. The molecule has 11 nitrogen and oxygen atoms in total. The van der Waals surface area contributed by atoms with E-state index in [-0.39, 0.29) is 17.6 Å². The third kappa shape index (κ3) is 5.03. The summed E-state index contributed by atoms with van der Waals surface area (Å²) in [6, 6.07) is 7.52. The van der Waals surface area contributed by atoms with Crippen molar-refractivity contribution in [1.29, 1.82) is 0 Å². The third-order valence-electron chi connectivity index (χ3n) is 7.56. The lowest BCUT2D eigenvalue weighted by Gasteiger charge is -2.38. The van der Waals surface area contributed by atoms with Crippen molar-refractivity contribution in [2.24, 2.45) is 0 Å². The quantitative estimate of drug-likeness (QED) is 0.384. The molecule has 1 N–H and O–H groups in total. The molecule has 6 rings (SSSR count). The van der Waals surface area contributed by atoms with Gasteiger partial charge in [0.1, 0.15) is 5.65 Å². The molecule has 0 unspecified atom stereocenters. The minimum absolute atomic E-state index is 0.0762. The topological polar surface area (TPSA) is 114 Å². The molecule has 3 aromatic heterocycles. The lowest BCUT2D eigenvalue weighted by atomic mass is 10.0. The molecule has 2 fully saturated rings. The van der Waals surface area contributed by atoms with Gasteiger partial charge >= 0.3 is 0 Å². The van der Waals surface area contributed by atoms with Gasteiger partial charge < -0.3 is 19.5 Å². The Balaban J connectivity index is 1.30. The fourth-order valence-electron chi connectivity index (χ4n) is 5.36. The van der Waals surface area contributed by atoms with Gasteiger partial charge in [0.2, 0.25) is 17.7 Å². The molecular weight excluding hydrogens is 520 g/mol. The molecule has 2 atom stereocenters. The summed E-state index contributed by atoms with van der Waals surface area (Å²) in [5.41, 5.74) is 2.22. The van der Waals surface area contributed by atoms with Gasteiger partial charge in [-0.25, -0.2) is 4.98 Å². The van der Waals surface area contributed by atoms with E-state index >= 15 is 0 Å².